The third kappa shape index (κ3) is 4.33. The summed E-state index contributed by atoms with van der Waals surface area (Å²) < 4.78 is 85.2. The number of nitrogens with zero attached hydrogens (tertiary/aromatic N) is 5. The van der Waals surface area contributed by atoms with Gasteiger partial charge in [-0.25, -0.2) is 23.6 Å². The van der Waals surface area contributed by atoms with Crippen molar-refractivity contribution in [3.63, 3.8) is 0 Å². The third-order valence-corrected chi connectivity index (χ3v) is 6.31. The molecule has 0 amide bonds. The zero-order chi connectivity index (χ0) is 24.0. The van der Waals surface area contributed by atoms with E-state index in [9.17, 15) is 26.0 Å². The molecule has 174 valence electrons. The second-order valence-electron chi connectivity index (χ2n) is 6.97. The molecule has 33 heavy (non-hydrogen) atoms. The van der Waals surface area contributed by atoms with Crippen LogP contribution in [-0.2, 0) is 10.0 Å². The van der Waals surface area contributed by atoms with E-state index in [0.29, 0.717) is 0 Å². The Hall–Kier alpha value is -3.68. The molecule has 1 aromatic carbocycles. The molecule has 0 aliphatic heterocycles. The van der Waals surface area contributed by atoms with Crippen molar-refractivity contribution in [2.24, 2.45) is 0 Å². The molecule has 0 atom stereocenters. The molecule has 0 saturated heterocycles. The number of pyridine rings is 1. The minimum Gasteiger partial charge on any atom is -0.484 e. The van der Waals surface area contributed by atoms with Crippen LogP contribution in [0, 0.1) is 12.7 Å². The number of rotatable bonds is 6. The number of aromatic nitrogens is 5. The molecule has 0 unspecified atom stereocenters. The minimum atomic E-state index is -4.56. The molecule has 4 rings (SSSR count). The average Bonchev–Trinajstić information content (AvgIpc) is 3.41. The van der Waals surface area contributed by atoms with Crippen molar-refractivity contribution < 1.29 is 30.7 Å². The van der Waals surface area contributed by atoms with Gasteiger partial charge in [0.25, 0.3) is 10.0 Å². The number of anilines is 1. The van der Waals surface area contributed by atoms with Crippen molar-refractivity contribution in [2.45, 2.75) is 18.3 Å². The van der Waals surface area contributed by atoms with Crippen molar-refractivity contribution in [1.82, 2.24) is 24.5 Å². The summed E-state index contributed by atoms with van der Waals surface area (Å²) in [4.78, 5) is 14.4. The molecule has 9 nitrogen and oxygen atoms in total. The Morgan fingerprint density at radius 3 is 2.67 bits per heavy atom. The van der Waals surface area contributed by atoms with Crippen LogP contribution in [0.25, 0.3) is 16.7 Å². The molecular formula is C19H16F4N6O3S. The van der Waals surface area contributed by atoms with Crippen LogP contribution in [0.15, 0.2) is 48.3 Å². The zero-order valence-corrected chi connectivity index (χ0v) is 17.9. The molecule has 0 fully saturated rings. The topological polar surface area (TPSA) is 106 Å². The fourth-order valence-corrected chi connectivity index (χ4v) is 4.23. The standard InChI is InChI=1S/C19H16F4N6O3S/c1-11-16(32-9-19(21,22)23)3-4-25-17(11)28(2)33(30,31)18-26-13-7-12(20)15(8-14(13)27-18)29-6-5-24-10-29/h3-8,10H,9H2,1-2H3,(H,26,27). The van der Waals surface area contributed by atoms with E-state index >= 15 is 0 Å². The molecule has 0 bridgehead atoms. The number of benzene rings is 1. The van der Waals surface area contributed by atoms with Crippen LogP contribution >= 0.6 is 0 Å². The number of aromatic amines is 1. The molecule has 0 aliphatic carbocycles. The quantitative estimate of drug-likeness (QED) is 0.421. The van der Waals surface area contributed by atoms with Gasteiger partial charge < -0.3 is 14.3 Å². The van der Waals surface area contributed by atoms with Crippen LogP contribution in [0.3, 0.4) is 0 Å². The highest BCUT2D eigenvalue weighted by Crippen LogP contribution is 2.30. The van der Waals surface area contributed by atoms with Gasteiger partial charge in [0.15, 0.2) is 6.61 Å². The number of ether oxygens (including phenoxy) is 1. The Morgan fingerprint density at radius 2 is 2.00 bits per heavy atom. The number of imidazole rings is 2. The van der Waals surface area contributed by atoms with E-state index in [0.717, 1.165) is 16.6 Å². The van der Waals surface area contributed by atoms with Crippen LogP contribution < -0.4 is 9.04 Å². The first-order valence-electron chi connectivity index (χ1n) is 9.29. The van der Waals surface area contributed by atoms with Crippen molar-refractivity contribution in [3.05, 3.63) is 54.5 Å². The van der Waals surface area contributed by atoms with Gasteiger partial charge in [0.1, 0.15) is 17.4 Å². The highest BCUT2D eigenvalue weighted by Gasteiger charge is 2.31. The number of halogens is 4. The number of H-pyrrole nitrogens is 1. The molecule has 0 saturated carbocycles. The lowest BCUT2D eigenvalue weighted by Gasteiger charge is -2.20. The fraction of sp³-hybridized carbons (Fsp3) is 0.211. The number of sulfonamides is 1. The molecule has 4 aromatic rings. The van der Waals surface area contributed by atoms with Gasteiger partial charge in [-0.3, -0.25) is 0 Å². The second-order valence-corrected chi connectivity index (χ2v) is 8.85. The predicted octanol–water partition coefficient (Wildman–Crippen LogP) is 3.36. The van der Waals surface area contributed by atoms with Crippen LogP contribution in [0.5, 0.6) is 5.75 Å². The van der Waals surface area contributed by atoms with Crippen LogP contribution in [0.2, 0.25) is 0 Å². The van der Waals surface area contributed by atoms with E-state index in [2.05, 4.69) is 19.9 Å². The Bertz CT molecular complexity index is 1420. The van der Waals surface area contributed by atoms with Gasteiger partial charge in [0.2, 0.25) is 5.16 Å². The normalized spacial score (nSPS) is 12.3. The monoisotopic (exact) mass is 484 g/mol. The first-order chi connectivity index (χ1) is 15.5. The Balaban J connectivity index is 1.70. The summed E-state index contributed by atoms with van der Waals surface area (Å²) in [7, 11) is -3.16. The molecule has 3 aromatic heterocycles. The third-order valence-electron chi connectivity index (χ3n) is 4.73. The van der Waals surface area contributed by atoms with E-state index in [1.54, 1.807) is 0 Å². The van der Waals surface area contributed by atoms with E-state index in [1.807, 2.05) is 0 Å². The van der Waals surface area contributed by atoms with Gasteiger partial charge in [-0.2, -0.15) is 21.6 Å². The highest BCUT2D eigenvalue weighted by atomic mass is 32.2. The van der Waals surface area contributed by atoms with Gasteiger partial charge in [0, 0.05) is 37.3 Å². The van der Waals surface area contributed by atoms with Gasteiger partial charge in [-0.15, -0.1) is 0 Å². The Kier molecular flexibility index (Phi) is 5.47. The summed E-state index contributed by atoms with van der Waals surface area (Å²) in [6, 6.07) is 3.66. The van der Waals surface area contributed by atoms with Crippen molar-refractivity contribution >= 4 is 26.9 Å². The van der Waals surface area contributed by atoms with Crippen molar-refractivity contribution in [2.75, 3.05) is 18.0 Å². The van der Waals surface area contributed by atoms with Crippen molar-refractivity contribution in [1.29, 1.82) is 0 Å². The maximum Gasteiger partial charge on any atom is 0.422 e. The molecule has 0 aliphatic rings. The number of alkyl halides is 3. The lowest BCUT2D eigenvalue weighted by Crippen LogP contribution is -2.29. The van der Waals surface area contributed by atoms with Crippen LogP contribution in [-0.4, -0.2) is 52.8 Å². The van der Waals surface area contributed by atoms with Crippen LogP contribution in [0.1, 0.15) is 5.56 Å². The summed E-state index contributed by atoms with van der Waals surface area (Å²) >= 11 is 0. The van der Waals surface area contributed by atoms with E-state index in [1.165, 1.54) is 49.4 Å². The summed E-state index contributed by atoms with van der Waals surface area (Å²) in [5, 5.41) is -0.495. The maximum atomic E-state index is 14.5. The van der Waals surface area contributed by atoms with Gasteiger partial charge in [0.05, 0.1) is 23.0 Å². The average molecular weight is 484 g/mol. The second kappa shape index (κ2) is 8.03. The lowest BCUT2D eigenvalue weighted by molar-refractivity contribution is -0.153. The largest absolute Gasteiger partial charge is 0.484 e. The first kappa shape index (κ1) is 22.5. The number of nitrogens with one attached hydrogen (secondary N) is 1. The Labute approximate surface area is 184 Å². The van der Waals surface area contributed by atoms with Crippen LogP contribution in [0.4, 0.5) is 23.4 Å². The SMILES string of the molecule is Cc1c(OCC(F)(F)F)ccnc1N(C)S(=O)(=O)c1nc2cc(-n3ccnc3)c(F)cc2[nH]1. The molecular weight excluding hydrogens is 468 g/mol. The summed E-state index contributed by atoms with van der Waals surface area (Å²) in [6.07, 6.45) is 0.925. The van der Waals surface area contributed by atoms with Gasteiger partial charge in [-0.05, 0) is 19.1 Å². The Morgan fingerprint density at radius 1 is 1.24 bits per heavy atom. The highest BCUT2D eigenvalue weighted by molar-refractivity contribution is 7.92. The zero-order valence-electron chi connectivity index (χ0n) is 17.1. The summed E-state index contributed by atoms with van der Waals surface area (Å²) in [6.45, 7) is -0.159. The van der Waals surface area contributed by atoms with Crippen molar-refractivity contribution in [3.8, 4) is 11.4 Å². The minimum absolute atomic E-state index is 0.0809. The molecule has 1 N–H and O–H groups in total. The predicted molar refractivity (Wildman–Crippen MR) is 109 cm³/mol. The molecule has 3 heterocycles. The molecule has 0 spiro atoms. The number of hydrogen-bond donors (Lipinski definition) is 1. The molecule has 14 heteroatoms. The van der Waals surface area contributed by atoms with E-state index in [4.69, 9.17) is 4.74 Å². The summed E-state index contributed by atoms with van der Waals surface area (Å²) in [5.41, 5.74) is 0.516. The molecule has 0 radical (unpaired) electrons. The summed E-state index contributed by atoms with van der Waals surface area (Å²) in [5.74, 6) is -0.954. The number of hydrogen-bond acceptors (Lipinski definition) is 6. The van der Waals surface area contributed by atoms with Gasteiger partial charge >= 0.3 is 6.18 Å². The fourth-order valence-electron chi connectivity index (χ4n) is 3.10. The maximum absolute atomic E-state index is 14.5. The lowest BCUT2D eigenvalue weighted by atomic mass is 10.2. The van der Waals surface area contributed by atoms with Gasteiger partial charge in [-0.1, -0.05) is 0 Å². The smallest absolute Gasteiger partial charge is 0.422 e. The van der Waals surface area contributed by atoms with E-state index in [-0.39, 0.29) is 33.9 Å². The number of fused-ring (bicyclic) bond motifs is 1. The van der Waals surface area contributed by atoms with E-state index < -0.39 is 33.8 Å². The first-order valence-corrected chi connectivity index (χ1v) is 10.7.